The average molecular weight is 603 g/mol. The molecule has 2 rings (SSSR count). The number of aryl methyl sites for hydroxylation is 1. The third-order valence-electron chi connectivity index (χ3n) is 1.81. The van der Waals surface area contributed by atoms with Gasteiger partial charge in [-0.25, -0.2) is 11.3 Å². The maximum Gasteiger partial charge on any atom is 1.00 e. The Labute approximate surface area is 157 Å². The maximum absolute atomic E-state index is 11.7. The molecule has 84 valence electrons. The summed E-state index contributed by atoms with van der Waals surface area (Å²) in [5.74, 6) is -0.237. The number of nitrogens with one attached hydrogen (secondary N) is 1. The molecule has 0 aliphatic rings. The van der Waals surface area contributed by atoms with Crippen molar-refractivity contribution in [2.24, 2.45) is 0 Å². The quantitative estimate of drug-likeness (QED) is 0.491. The number of aromatic nitrogens is 1. The zero-order valence-electron chi connectivity index (χ0n) is 10.1. The first-order valence-electron chi connectivity index (χ1n) is 4.49. The first kappa shape index (κ1) is 17.4. The number of carbonyl (C=O) groups is 1. The van der Waals surface area contributed by atoms with E-state index in [4.69, 9.17) is 11.6 Å². The molecule has 0 spiro atoms. The first-order chi connectivity index (χ1) is 7.65. The molecule has 0 unspecified atom stereocenters. The van der Waals surface area contributed by atoms with Gasteiger partial charge in [0.1, 0.15) is 0 Å². The second-order valence-corrected chi connectivity index (χ2v) is 4.68. The van der Waals surface area contributed by atoms with Gasteiger partial charge in [0, 0.05) is 5.13 Å². The summed E-state index contributed by atoms with van der Waals surface area (Å²) >= 11 is 7.12. The molecule has 0 fully saturated rings. The molecule has 1 amide bonds. The van der Waals surface area contributed by atoms with Crippen molar-refractivity contribution in [3.05, 3.63) is 45.9 Å². The fourth-order valence-corrected chi connectivity index (χ4v) is 1.92. The van der Waals surface area contributed by atoms with Gasteiger partial charge in [-0.2, -0.15) is 18.2 Å². The summed E-state index contributed by atoms with van der Waals surface area (Å²) < 4.78 is 0. The Hall–Kier alpha value is -0.585. The van der Waals surface area contributed by atoms with E-state index >= 15 is 0 Å². The summed E-state index contributed by atoms with van der Waals surface area (Å²) in [5.41, 5.74) is 0.483. The van der Waals surface area contributed by atoms with Crippen LogP contribution in [0.3, 0.4) is 0 Å². The van der Waals surface area contributed by atoms with Crippen molar-refractivity contribution in [1.29, 1.82) is 0 Å². The van der Waals surface area contributed by atoms with Crippen LogP contribution in [0, 0.1) is 19.2 Å². The molecule has 7 heteroatoms. The van der Waals surface area contributed by atoms with E-state index < -0.39 is 0 Å². The molecule has 2 aromatic rings. The van der Waals surface area contributed by atoms with Crippen LogP contribution in [0.2, 0.25) is 5.02 Å². The number of amides is 1. The van der Waals surface area contributed by atoms with E-state index in [9.17, 15) is 4.79 Å². The summed E-state index contributed by atoms with van der Waals surface area (Å²) in [5, 5.41) is 3.62. The van der Waals surface area contributed by atoms with Gasteiger partial charge in [0.05, 0.1) is 0 Å². The Morgan fingerprint density at radius 2 is 2.28 bits per heavy atom. The number of benzene rings is 1. The number of nitrogens with zero attached hydrogens (tertiary/aromatic N) is 1. The fourth-order valence-electron chi connectivity index (χ4n) is 1.12. The van der Waals surface area contributed by atoms with E-state index in [0.29, 0.717) is 15.7 Å². The van der Waals surface area contributed by atoms with Crippen molar-refractivity contribution in [3.63, 3.8) is 0 Å². The molecule has 0 saturated heterocycles. The standard InChI is InChI=1S/C11H7ClN2OS.Rb.Rf/c1-7-6-13-11(16-7)14-10(15)8-3-2-4-9(12)5-8;;/h2-3,5H,1H3,(H,13,14,15);;/q-2;+1;. The fraction of sp³-hybridized carbons (Fsp3) is 0.0909. The van der Waals surface area contributed by atoms with Crippen molar-refractivity contribution in [3.8, 4) is 0 Å². The van der Waals surface area contributed by atoms with Crippen molar-refractivity contribution < 1.29 is 63.0 Å². The van der Waals surface area contributed by atoms with Crippen molar-refractivity contribution >= 4 is 34.0 Å². The van der Waals surface area contributed by atoms with Crippen molar-refractivity contribution in [2.75, 3.05) is 5.32 Å². The average Bonchev–Trinajstić information content (AvgIpc) is 2.64. The van der Waals surface area contributed by atoms with E-state index in [1.807, 2.05) is 6.92 Å². The Kier molecular flexibility index (Phi) is 7.51. The van der Waals surface area contributed by atoms with Crippen LogP contribution in [-0.2, 0) is 0 Å². The van der Waals surface area contributed by atoms with E-state index in [1.54, 1.807) is 18.2 Å². The van der Waals surface area contributed by atoms with Crippen LogP contribution in [0.15, 0.2) is 18.2 Å². The molecule has 1 aromatic heterocycles. The molecule has 0 bridgehead atoms. The monoisotopic (exact) mass is 602 g/mol. The normalized spacial score (nSPS) is 9.00. The molecule has 0 aliphatic heterocycles. The zero-order valence-corrected chi connectivity index (χ0v) is 23.0. The SMILES string of the molecule is Cc1[c-]nc(NC(=O)c2cc[c-]c(Cl)c2)s1.[Rb+].[Rf]. The smallest absolute Gasteiger partial charge is 0.427 e. The van der Waals surface area contributed by atoms with Gasteiger partial charge in [0.2, 0.25) is 5.91 Å². The number of hydrogen-bond acceptors (Lipinski definition) is 3. The van der Waals surface area contributed by atoms with Crippen LogP contribution in [0.25, 0.3) is 0 Å². The molecule has 0 atom stereocenters. The molecule has 3 nitrogen and oxygen atoms in total. The van der Waals surface area contributed by atoms with E-state index in [0.717, 1.165) is 4.88 Å². The van der Waals surface area contributed by atoms with Crippen molar-refractivity contribution in [2.45, 2.75) is 6.92 Å². The topological polar surface area (TPSA) is 42.0 Å². The summed E-state index contributed by atoms with van der Waals surface area (Å²) in [4.78, 5) is 16.6. The Morgan fingerprint density at radius 1 is 1.56 bits per heavy atom. The van der Waals surface area contributed by atoms with Crippen LogP contribution in [0.4, 0.5) is 5.13 Å². The summed E-state index contributed by atoms with van der Waals surface area (Å²) in [6, 6.07) is 7.57. The summed E-state index contributed by atoms with van der Waals surface area (Å²) in [6.45, 7) is 1.88. The predicted molar refractivity (Wildman–Crippen MR) is 63.9 cm³/mol. The van der Waals surface area contributed by atoms with Crippen LogP contribution in [0.1, 0.15) is 15.2 Å². The van der Waals surface area contributed by atoms with Crippen LogP contribution in [-0.4, -0.2) is 10.9 Å². The Morgan fingerprint density at radius 3 is 2.83 bits per heavy atom. The third kappa shape index (κ3) is 4.59. The molecule has 1 heterocycles. The number of hydrogen-bond donors (Lipinski definition) is 1. The van der Waals surface area contributed by atoms with E-state index in [2.05, 4.69) is 22.6 Å². The largest absolute Gasteiger partial charge is 1.00 e. The second-order valence-electron chi connectivity index (χ2n) is 3.07. The molecule has 0 saturated carbocycles. The molecule has 1 aromatic carbocycles. The molecular weight excluding hydrogens is 596 g/mol. The maximum atomic E-state index is 11.7. The van der Waals surface area contributed by atoms with Crippen LogP contribution >= 0.6 is 22.9 Å². The van der Waals surface area contributed by atoms with Gasteiger partial charge in [-0.1, -0.05) is 15.5 Å². The minimum absolute atomic E-state index is 0. The van der Waals surface area contributed by atoms with Gasteiger partial charge in [-0.3, -0.25) is 4.79 Å². The van der Waals surface area contributed by atoms with Gasteiger partial charge < -0.3 is 10.3 Å². The van der Waals surface area contributed by atoms with Gasteiger partial charge >= 0.3 is 58.2 Å². The number of halogens is 1. The van der Waals surface area contributed by atoms with E-state index in [-0.39, 0.29) is 64.1 Å². The molecule has 0 aliphatic carbocycles. The number of rotatable bonds is 2. The van der Waals surface area contributed by atoms with Gasteiger partial charge in [0.15, 0.2) is 0 Å². The first-order valence-corrected chi connectivity index (χ1v) is 5.68. The van der Waals surface area contributed by atoms with Crippen molar-refractivity contribution in [1.82, 2.24) is 4.98 Å². The zero-order chi connectivity index (χ0) is 11.5. The predicted octanol–water partition coefficient (Wildman–Crippen LogP) is -0.0384. The van der Waals surface area contributed by atoms with Gasteiger partial charge in [-0.15, -0.1) is 23.9 Å². The third-order valence-corrected chi connectivity index (χ3v) is 2.82. The summed E-state index contributed by atoms with van der Waals surface area (Å²) in [6.07, 6.45) is 2.76. The number of anilines is 1. The Balaban J connectivity index is 0.00000144. The number of thiazole rings is 1. The number of carbonyl (C=O) groups excluding carboxylic acids is 1. The molecule has 1 N–H and O–H groups in total. The van der Waals surface area contributed by atoms with Crippen LogP contribution < -0.4 is 63.5 Å². The minimum atomic E-state index is -0.237. The van der Waals surface area contributed by atoms with Crippen LogP contribution in [0.5, 0.6) is 0 Å². The van der Waals surface area contributed by atoms with E-state index in [1.165, 1.54) is 11.3 Å². The second kappa shape index (κ2) is 7.76. The van der Waals surface area contributed by atoms with Gasteiger partial charge in [-0.05, 0) is 6.92 Å². The molecule has 18 heavy (non-hydrogen) atoms. The summed E-state index contributed by atoms with van der Waals surface area (Å²) in [7, 11) is 0. The Bertz CT molecular complexity index is 535. The minimum Gasteiger partial charge on any atom is -0.427 e. The molecule has 0 radical (unpaired) electrons. The molecular formula is C11H7ClN2ORbRfS-. The van der Waals surface area contributed by atoms with Gasteiger partial charge in [0.25, 0.3) is 0 Å².